The van der Waals surface area contributed by atoms with Crippen LogP contribution >= 0.6 is 21.9 Å². The Kier molecular flexibility index (Phi) is 5.88. The Morgan fingerprint density at radius 2 is 1.27 bits per heavy atom. The van der Waals surface area contributed by atoms with E-state index in [0.29, 0.717) is 5.92 Å². The third-order valence-corrected chi connectivity index (χ3v) is 7.08. The number of hydrogen-bond donors (Lipinski definition) is 0. The second kappa shape index (κ2) is 7.48. The van der Waals surface area contributed by atoms with Gasteiger partial charge in [-0.1, -0.05) is 50.2 Å². The summed E-state index contributed by atoms with van der Waals surface area (Å²) in [5.74, 6) is 2.23. The van der Waals surface area contributed by atoms with Gasteiger partial charge in [0.2, 0.25) is 15.5 Å². The minimum atomic E-state index is -2.21. The minimum Gasteiger partial charge on any atom is -0.298 e. The maximum atomic E-state index is 6.31. The Morgan fingerprint density at radius 3 is 1.64 bits per heavy atom. The van der Waals surface area contributed by atoms with Crippen LogP contribution in [0, 0.1) is 19.8 Å². The molecule has 0 spiro atoms. The molecule has 0 atom stereocenters. The highest BCUT2D eigenvalue weighted by molar-refractivity contribution is 9.41. The number of halogens is 1. The van der Waals surface area contributed by atoms with Gasteiger partial charge in [0.1, 0.15) is 6.16 Å². The highest BCUT2D eigenvalue weighted by Gasteiger charge is 2.44. The van der Waals surface area contributed by atoms with Gasteiger partial charge in [-0.2, -0.15) is 0 Å². The molecule has 22 heavy (non-hydrogen) atoms. The molecule has 0 fully saturated rings. The molecule has 0 bridgehead atoms. The third kappa shape index (κ3) is 4.72. The Balaban J connectivity index is 2.28. The van der Waals surface area contributed by atoms with Crippen LogP contribution in [-0.2, 0) is 0 Å². The SMILES string of the molecule is Cc1ccccc1O[P+](Br)(CC(C)C)Oc1ccccc1C. The Labute approximate surface area is 142 Å². The largest absolute Gasteiger partial charge is 0.430 e. The molecule has 2 rings (SSSR count). The van der Waals surface area contributed by atoms with Crippen LogP contribution in [0.4, 0.5) is 0 Å². The second-order valence-corrected chi connectivity index (χ2v) is 11.0. The van der Waals surface area contributed by atoms with Crippen molar-refractivity contribution in [2.75, 3.05) is 6.16 Å². The van der Waals surface area contributed by atoms with Gasteiger partial charge in [-0.25, -0.2) is 0 Å². The first-order valence-corrected chi connectivity index (χ1v) is 11.3. The zero-order chi connectivity index (χ0) is 16.2. The molecule has 0 aliphatic carbocycles. The molecule has 2 nitrogen and oxygen atoms in total. The summed E-state index contributed by atoms with van der Waals surface area (Å²) in [6.45, 7) is 8.46. The van der Waals surface area contributed by atoms with Gasteiger partial charge in [0.25, 0.3) is 0 Å². The van der Waals surface area contributed by atoms with Gasteiger partial charge < -0.3 is 0 Å². The Bertz CT molecular complexity index is 580. The fourth-order valence-corrected chi connectivity index (χ4v) is 6.87. The summed E-state index contributed by atoms with van der Waals surface area (Å²) >= 11 is 3.79. The van der Waals surface area contributed by atoms with Gasteiger partial charge in [-0.05, 0) is 43.0 Å². The summed E-state index contributed by atoms with van der Waals surface area (Å²) in [6, 6.07) is 16.1. The van der Waals surface area contributed by atoms with Gasteiger partial charge >= 0.3 is 6.42 Å². The van der Waals surface area contributed by atoms with Crippen LogP contribution in [0.2, 0.25) is 0 Å². The van der Waals surface area contributed by atoms with Crippen LogP contribution in [0.5, 0.6) is 11.5 Å². The normalized spacial score (nSPS) is 11.5. The Morgan fingerprint density at radius 1 is 0.864 bits per heavy atom. The maximum absolute atomic E-state index is 6.31. The lowest BCUT2D eigenvalue weighted by Gasteiger charge is -2.21. The lowest BCUT2D eigenvalue weighted by molar-refractivity contribution is 0.470. The van der Waals surface area contributed by atoms with Crippen LogP contribution in [-0.4, -0.2) is 6.16 Å². The average Bonchev–Trinajstić information content (AvgIpc) is 2.43. The summed E-state index contributed by atoms with van der Waals surface area (Å²) < 4.78 is 12.6. The van der Waals surface area contributed by atoms with Crippen LogP contribution in [0.1, 0.15) is 25.0 Å². The van der Waals surface area contributed by atoms with Crippen molar-refractivity contribution in [2.24, 2.45) is 5.92 Å². The molecular formula is C18H23BrO2P+. The monoisotopic (exact) mass is 381 g/mol. The van der Waals surface area contributed by atoms with Crippen LogP contribution in [0.25, 0.3) is 0 Å². The number of para-hydroxylation sites is 2. The van der Waals surface area contributed by atoms with Crippen molar-refractivity contribution >= 4 is 21.9 Å². The predicted molar refractivity (Wildman–Crippen MR) is 99.2 cm³/mol. The van der Waals surface area contributed by atoms with Crippen LogP contribution in [0.15, 0.2) is 48.5 Å². The van der Waals surface area contributed by atoms with Gasteiger partial charge in [0.15, 0.2) is 11.5 Å². The summed E-state index contributed by atoms with van der Waals surface area (Å²) in [5, 5.41) is 0. The van der Waals surface area contributed by atoms with Gasteiger partial charge in [-0.15, -0.1) is 0 Å². The van der Waals surface area contributed by atoms with Crippen LogP contribution < -0.4 is 9.05 Å². The highest BCUT2D eigenvalue weighted by Crippen LogP contribution is 2.68. The standard InChI is InChI=1S/C18H23BrO2P/c1-14(2)13-22(19,20-17-11-7-5-9-15(17)3)21-18-12-8-6-10-16(18)4/h5-12,14H,13H2,1-4H3/q+1. The van der Waals surface area contributed by atoms with Crippen molar-refractivity contribution in [1.82, 2.24) is 0 Å². The van der Waals surface area contributed by atoms with E-state index in [1.165, 1.54) is 0 Å². The van der Waals surface area contributed by atoms with E-state index in [9.17, 15) is 0 Å². The molecule has 0 unspecified atom stereocenters. The van der Waals surface area contributed by atoms with E-state index in [1.807, 2.05) is 36.4 Å². The molecule has 0 aromatic heterocycles. The van der Waals surface area contributed by atoms with Crippen molar-refractivity contribution in [3.8, 4) is 11.5 Å². The van der Waals surface area contributed by atoms with Crippen LogP contribution in [0.3, 0.4) is 0 Å². The summed E-state index contributed by atoms with van der Waals surface area (Å²) in [5.41, 5.74) is 2.23. The first kappa shape index (κ1) is 17.3. The smallest absolute Gasteiger partial charge is 0.298 e. The van der Waals surface area contributed by atoms with E-state index >= 15 is 0 Å². The molecule has 4 heteroatoms. The van der Waals surface area contributed by atoms with Crippen molar-refractivity contribution < 1.29 is 9.05 Å². The van der Waals surface area contributed by atoms with E-state index < -0.39 is 6.42 Å². The quantitative estimate of drug-likeness (QED) is 0.526. The molecule has 0 radical (unpaired) electrons. The number of hydrogen-bond acceptors (Lipinski definition) is 2. The van der Waals surface area contributed by atoms with Crippen molar-refractivity contribution in [3.05, 3.63) is 59.7 Å². The van der Waals surface area contributed by atoms with Gasteiger partial charge in [-0.3, -0.25) is 9.05 Å². The molecule has 2 aromatic rings. The lowest BCUT2D eigenvalue weighted by atomic mass is 10.2. The fraction of sp³-hybridized carbons (Fsp3) is 0.333. The van der Waals surface area contributed by atoms with E-state index in [0.717, 1.165) is 28.8 Å². The molecule has 0 saturated carbocycles. The number of rotatable bonds is 6. The predicted octanol–water partition coefficient (Wildman–Crippen LogP) is 6.57. The Hall–Kier alpha value is -1.05. The molecule has 0 aliphatic heterocycles. The van der Waals surface area contributed by atoms with E-state index in [-0.39, 0.29) is 0 Å². The highest BCUT2D eigenvalue weighted by atomic mass is 79.9. The molecule has 0 N–H and O–H groups in total. The van der Waals surface area contributed by atoms with E-state index in [4.69, 9.17) is 9.05 Å². The van der Waals surface area contributed by atoms with Gasteiger partial charge in [0, 0.05) is 0 Å². The fourth-order valence-electron chi connectivity index (χ4n) is 2.14. The minimum absolute atomic E-state index is 0.473. The summed E-state index contributed by atoms with van der Waals surface area (Å²) in [6.07, 6.45) is -1.37. The molecule has 0 saturated heterocycles. The number of benzene rings is 2. The lowest BCUT2D eigenvalue weighted by Crippen LogP contribution is -2.12. The van der Waals surface area contributed by atoms with Crippen molar-refractivity contribution in [2.45, 2.75) is 27.7 Å². The first-order valence-electron chi connectivity index (χ1n) is 7.48. The second-order valence-electron chi connectivity index (χ2n) is 5.88. The zero-order valence-electron chi connectivity index (χ0n) is 13.5. The molecule has 0 aliphatic rings. The first-order chi connectivity index (χ1) is 10.4. The summed E-state index contributed by atoms with van der Waals surface area (Å²) in [7, 11) is 0. The average molecular weight is 382 g/mol. The maximum Gasteiger partial charge on any atom is 0.430 e. The molecule has 0 heterocycles. The molecule has 0 amide bonds. The van der Waals surface area contributed by atoms with Crippen molar-refractivity contribution in [3.63, 3.8) is 0 Å². The van der Waals surface area contributed by atoms with E-state index in [1.54, 1.807) is 0 Å². The van der Waals surface area contributed by atoms with E-state index in [2.05, 4.69) is 55.3 Å². The molecular weight excluding hydrogens is 359 g/mol. The van der Waals surface area contributed by atoms with Gasteiger partial charge in [0.05, 0.1) is 0 Å². The molecule has 118 valence electrons. The van der Waals surface area contributed by atoms with Crippen molar-refractivity contribution in [1.29, 1.82) is 0 Å². The number of aryl methyl sites for hydroxylation is 2. The zero-order valence-corrected chi connectivity index (χ0v) is 16.0. The molecule has 2 aromatic carbocycles. The topological polar surface area (TPSA) is 18.5 Å². The third-order valence-electron chi connectivity index (χ3n) is 3.24. The summed E-state index contributed by atoms with van der Waals surface area (Å²) in [4.78, 5) is 0.